The van der Waals surface area contributed by atoms with Crippen LogP contribution in [0.2, 0.25) is 0 Å². The summed E-state index contributed by atoms with van der Waals surface area (Å²) in [5, 5.41) is 0. The van der Waals surface area contributed by atoms with Crippen molar-refractivity contribution in [1.82, 2.24) is 0 Å². The Morgan fingerprint density at radius 3 is 2.79 bits per heavy atom. The SMILES string of the molecule is O=CCC1=Cc2ccc(OC3CCCC3)cc2C1=O. The Kier molecular flexibility index (Phi) is 3.20. The molecule has 3 heteroatoms. The van der Waals surface area contributed by atoms with E-state index in [0.29, 0.717) is 11.1 Å². The molecule has 3 rings (SSSR count). The number of benzene rings is 1. The summed E-state index contributed by atoms with van der Waals surface area (Å²) in [6.07, 6.45) is 7.68. The van der Waals surface area contributed by atoms with E-state index in [4.69, 9.17) is 4.74 Å². The molecule has 2 aliphatic rings. The van der Waals surface area contributed by atoms with E-state index < -0.39 is 0 Å². The van der Waals surface area contributed by atoms with Gasteiger partial charge in [0, 0.05) is 17.6 Å². The summed E-state index contributed by atoms with van der Waals surface area (Å²) in [5.74, 6) is 0.721. The number of aldehydes is 1. The number of fused-ring (bicyclic) bond motifs is 1. The molecule has 0 aromatic heterocycles. The highest BCUT2D eigenvalue weighted by molar-refractivity contribution is 6.19. The van der Waals surface area contributed by atoms with E-state index in [0.717, 1.165) is 30.4 Å². The van der Waals surface area contributed by atoms with Crippen LogP contribution in [0.25, 0.3) is 6.08 Å². The number of ketones is 1. The number of Topliss-reactive ketones (excluding diaryl/α,β-unsaturated/α-hetero) is 1. The molecule has 0 heterocycles. The molecule has 0 bridgehead atoms. The van der Waals surface area contributed by atoms with Gasteiger partial charge < -0.3 is 9.53 Å². The molecule has 1 aromatic rings. The number of hydrogen-bond acceptors (Lipinski definition) is 3. The number of hydrogen-bond donors (Lipinski definition) is 0. The smallest absolute Gasteiger partial charge is 0.190 e. The lowest BCUT2D eigenvalue weighted by molar-refractivity contribution is -0.107. The summed E-state index contributed by atoms with van der Waals surface area (Å²) < 4.78 is 5.90. The molecule has 0 amide bonds. The molecular formula is C16H16O3. The summed E-state index contributed by atoms with van der Waals surface area (Å²) >= 11 is 0. The van der Waals surface area contributed by atoms with Crippen LogP contribution < -0.4 is 4.74 Å². The topological polar surface area (TPSA) is 43.4 Å². The van der Waals surface area contributed by atoms with Gasteiger partial charge in [-0.1, -0.05) is 6.07 Å². The summed E-state index contributed by atoms with van der Waals surface area (Å²) in [6, 6.07) is 5.62. The fourth-order valence-corrected chi connectivity index (χ4v) is 2.80. The van der Waals surface area contributed by atoms with Crippen LogP contribution in [-0.4, -0.2) is 18.2 Å². The Morgan fingerprint density at radius 2 is 2.05 bits per heavy atom. The molecule has 1 fully saturated rings. The second kappa shape index (κ2) is 5.00. The van der Waals surface area contributed by atoms with Crippen molar-refractivity contribution < 1.29 is 14.3 Å². The Balaban J connectivity index is 1.80. The van der Waals surface area contributed by atoms with Crippen molar-refractivity contribution >= 4 is 18.1 Å². The molecule has 0 spiro atoms. The van der Waals surface area contributed by atoms with Crippen LogP contribution in [0.5, 0.6) is 5.75 Å². The van der Waals surface area contributed by atoms with Crippen molar-refractivity contribution in [3.8, 4) is 5.75 Å². The largest absolute Gasteiger partial charge is 0.490 e. The molecule has 0 unspecified atom stereocenters. The average molecular weight is 256 g/mol. The second-order valence-corrected chi connectivity index (χ2v) is 5.14. The molecule has 98 valence electrons. The normalized spacial score (nSPS) is 18.3. The highest BCUT2D eigenvalue weighted by Crippen LogP contribution is 2.31. The maximum atomic E-state index is 12.1. The predicted octanol–water partition coefficient (Wildman–Crippen LogP) is 3.18. The molecule has 0 aliphatic heterocycles. The minimum Gasteiger partial charge on any atom is -0.490 e. The Bertz CT molecular complexity index is 551. The van der Waals surface area contributed by atoms with Gasteiger partial charge in [-0.3, -0.25) is 4.79 Å². The Hall–Kier alpha value is -1.90. The number of carbonyl (C=O) groups is 2. The minimum atomic E-state index is -0.0426. The molecule has 0 N–H and O–H groups in total. The van der Waals surface area contributed by atoms with E-state index in [2.05, 4.69) is 0 Å². The number of ether oxygens (including phenoxy) is 1. The highest BCUT2D eigenvalue weighted by atomic mass is 16.5. The van der Waals surface area contributed by atoms with Gasteiger partial charge in [0.1, 0.15) is 12.0 Å². The van der Waals surface area contributed by atoms with Crippen LogP contribution in [0.15, 0.2) is 23.8 Å². The van der Waals surface area contributed by atoms with E-state index in [9.17, 15) is 9.59 Å². The lowest BCUT2D eigenvalue weighted by Crippen LogP contribution is -2.11. The molecule has 1 aromatic carbocycles. The van der Waals surface area contributed by atoms with Gasteiger partial charge in [-0.25, -0.2) is 0 Å². The van der Waals surface area contributed by atoms with Gasteiger partial charge in [0.05, 0.1) is 6.10 Å². The number of carbonyl (C=O) groups excluding carboxylic acids is 2. The first kappa shape index (κ1) is 12.2. The number of allylic oxidation sites excluding steroid dienone is 1. The van der Waals surface area contributed by atoms with Gasteiger partial charge in [-0.2, -0.15) is 0 Å². The summed E-state index contributed by atoms with van der Waals surface area (Å²) in [5.41, 5.74) is 2.12. The molecule has 0 atom stereocenters. The number of rotatable bonds is 4. The van der Waals surface area contributed by atoms with Crippen molar-refractivity contribution in [1.29, 1.82) is 0 Å². The van der Waals surface area contributed by atoms with E-state index in [1.807, 2.05) is 18.2 Å². The van der Waals surface area contributed by atoms with E-state index in [1.54, 1.807) is 6.08 Å². The zero-order chi connectivity index (χ0) is 13.2. The first-order chi connectivity index (χ1) is 9.28. The van der Waals surface area contributed by atoms with Gasteiger partial charge >= 0.3 is 0 Å². The van der Waals surface area contributed by atoms with Crippen LogP contribution in [0.4, 0.5) is 0 Å². The van der Waals surface area contributed by atoms with Gasteiger partial charge in [-0.15, -0.1) is 0 Å². The zero-order valence-corrected chi connectivity index (χ0v) is 10.7. The highest BCUT2D eigenvalue weighted by Gasteiger charge is 2.23. The third-order valence-electron chi connectivity index (χ3n) is 3.80. The van der Waals surface area contributed by atoms with E-state index in [-0.39, 0.29) is 18.3 Å². The summed E-state index contributed by atoms with van der Waals surface area (Å²) in [4.78, 5) is 22.6. The average Bonchev–Trinajstić information content (AvgIpc) is 3.01. The van der Waals surface area contributed by atoms with Crippen LogP contribution in [0, 0.1) is 0 Å². The Morgan fingerprint density at radius 1 is 1.26 bits per heavy atom. The first-order valence-electron chi connectivity index (χ1n) is 6.77. The fraction of sp³-hybridized carbons (Fsp3) is 0.375. The molecule has 3 nitrogen and oxygen atoms in total. The minimum absolute atomic E-state index is 0.0426. The van der Waals surface area contributed by atoms with Gasteiger partial charge in [0.25, 0.3) is 0 Å². The predicted molar refractivity (Wildman–Crippen MR) is 72.3 cm³/mol. The van der Waals surface area contributed by atoms with Crippen molar-refractivity contribution in [2.45, 2.75) is 38.2 Å². The maximum absolute atomic E-state index is 12.1. The van der Waals surface area contributed by atoms with Crippen LogP contribution >= 0.6 is 0 Å². The lowest BCUT2D eigenvalue weighted by atomic mass is 10.1. The van der Waals surface area contributed by atoms with Gasteiger partial charge in [0.2, 0.25) is 0 Å². The fourth-order valence-electron chi connectivity index (χ4n) is 2.80. The van der Waals surface area contributed by atoms with Crippen molar-refractivity contribution in [2.75, 3.05) is 0 Å². The molecule has 1 saturated carbocycles. The zero-order valence-electron chi connectivity index (χ0n) is 10.7. The molecular weight excluding hydrogens is 240 g/mol. The first-order valence-corrected chi connectivity index (χ1v) is 6.77. The molecule has 2 aliphatic carbocycles. The Labute approximate surface area is 112 Å². The van der Waals surface area contributed by atoms with Gasteiger partial charge in [0.15, 0.2) is 5.78 Å². The molecule has 19 heavy (non-hydrogen) atoms. The van der Waals surface area contributed by atoms with Crippen LogP contribution in [0.1, 0.15) is 48.0 Å². The summed E-state index contributed by atoms with van der Waals surface area (Å²) in [6.45, 7) is 0. The van der Waals surface area contributed by atoms with Crippen LogP contribution in [0.3, 0.4) is 0 Å². The van der Waals surface area contributed by atoms with Crippen molar-refractivity contribution in [3.63, 3.8) is 0 Å². The van der Waals surface area contributed by atoms with E-state index in [1.165, 1.54) is 12.8 Å². The van der Waals surface area contributed by atoms with Crippen molar-refractivity contribution in [2.24, 2.45) is 0 Å². The third kappa shape index (κ3) is 2.33. The monoisotopic (exact) mass is 256 g/mol. The van der Waals surface area contributed by atoms with Gasteiger partial charge in [-0.05, 0) is 49.5 Å². The quantitative estimate of drug-likeness (QED) is 0.777. The van der Waals surface area contributed by atoms with Crippen molar-refractivity contribution in [3.05, 3.63) is 34.9 Å². The molecule has 0 radical (unpaired) electrons. The molecule has 0 saturated heterocycles. The maximum Gasteiger partial charge on any atom is 0.190 e. The second-order valence-electron chi connectivity index (χ2n) is 5.14. The van der Waals surface area contributed by atoms with Crippen LogP contribution in [-0.2, 0) is 4.79 Å². The van der Waals surface area contributed by atoms with E-state index >= 15 is 0 Å². The standard InChI is InChI=1S/C16H16O3/c17-8-7-12-9-11-5-6-14(10-15(11)16(12)18)19-13-3-1-2-4-13/h5-6,8-10,13H,1-4,7H2. The lowest BCUT2D eigenvalue weighted by Gasteiger charge is -2.13. The third-order valence-corrected chi connectivity index (χ3v) is 3.80. The summed E-state index contributed by atoms with van der Waals surface area (Å²) in [7, 11) is 0.